The first-order valence-corrected chi connectivity index (χ1v) is 7.15. The number of aryl methyl sites for hydroxylation is 1. The molecule has 1 aromatic carbocycles. The molecule has 0 spiro atoms. The molecule has 0 bridgehead atoms. The summed E-state index contributed by atoms with van der Waals surface area (Å²) in [6, 6.07) is 6.36. The molecule has 0 saturated heterocycles. The van der Waals surface area contributed by atoms with Crippen LogP contribution in [0.1, 0.15) is 5.56 Å². The van der Waals surface area contributed by atoms with Gasteiger partial charge >= 0.3 is 0 Å². The van der Waals surface area contributed by atoms with Crippen molar-refractivity contribution in [2.45, 2.75) is 6.92 Å². The Hall–Kier alpha value is -0.680. The molecule has 0 N–H and O–H groups in total. The Morgan fingerprint density at radius 2 is 1.92 bits per heavy atom. The van der Waals surface area contributed by atoms with Crippen LogP contribution in [0.4, 0.5) is 0 Å². The summed E-state index contributed by atoms with van der Waals surface area (Å²) in [5.74, 6) is 0.967. The second kappa shape index (κ2) is 3.59. The van der Waals surface area contributed by atoms with Crippen LogP contribution in [0.25, 0.3) is 0 Å². The van der Waals surface area contributed by atoms with E-state index in [-0.39, 0.29) is 0 Å². The maximum absolute atomic E-state index is 5.27. The van der Waals surface area contributed by atoms with Gasteiger partial charge in [0.1, 0.15) is 5.75 Å². The molecule has 0 amide bonds. The van der Waals surface area contributed by atoms with Crippen LogP contribution >= 0.6 is 6.89 Å². The molecule has 0 aliphatic rings. The fraction of sp³-hybridized carbons (Fsp3) is 0.364. The van der Waals surface area contributed by atoms with Crippen LogP contribution in [0, 0.1) is 6.92 Å². The fourth-order valence-electron chi connectivity index (χ4n) is 1.19. The SMILES string of the molecule is C=P(C)(C)c1ccc(C)c(OC)c1. The van der Waals surface area contributed by atoms with Crippen molar-refractivity contribution >= 4 is 18.5 Å². The van der Waals surface area contributed by atoms with E-state index in [4.69, 9.17) is 4.74 Å². The van der Waals surface area contributed by atoms with Gasteiger partial charge in [-0.05, 0) is 37.2 Å². The lowest BCUT2D eigenvalue weighted by Crippen LogP contribution is -2.04. The van der Waals surface area contributed by atoms with E-state index in [1.807, 2.05) is 0 Å². The highest BCUT2D eigenvalue weighted by molar-refractivity contribution is 7.79. The average molecular weight is 196 g/mol. The maximum Gasteiger partial charge on any atom is 0.122 e. The molecule has 0 radical (unpaired) electrons. The number of methoxy groups -OCH3 is 1. The third kappa shape index (κ3) is 2.38. The number of hydrogen-bond acceptors (Lipinski definition) is 1. The van der Waals surface area contributed by atoms with Gasteiger partial charge in [0.15, 0.2) is 0 Å². The first-order valence-electron chi connectivity index (χ1n) is 4.28. The smallest absolute Gasteiger partial charge is 0.122 e. The summed E-state index contributed by atoms with van der Waals surface area (Å²) in [7, 11) is 1.71. The van der Waals surface area contributed by atoms with Gasteiger partial charge in [0, 0.05) is 0 Å². The summed E-state index contributed by atoms with van der Waals surface area (Å²) >= 11 is 0. The van der Waals surface area contributed by atoms with Crippen LogP contribution in [0.3, 0.4) is 0 Å². The molecular weight excluding hydrogens is 179 g/mol. The minimum atomic E-state index is -1.16. The molecule has 0 fully saturated rings. The fourth-order valence-corrected chi connectivity index (χ4v) is 2.13. The Morgan fingerprint density at radius 3 is 2.38 bits per heavy atom. The Labute approximate surface area is 80.7 Å². The van der Waals surface area contributed by atoms with Crippen molar-refractivity contribution in [2.24, 2.45) is 0 Å². The van der Waals surface area contributed by atoms with Crippen LogP contribution in [-0.2, 0) is 0 Å². The number of ether oxygens (including phenoxy) is 1. The first kappa shape index (κ1) is 10.4. The van der Waals surface area contributed by atoms with E-state index in [1.54, 1.807) is 7.11 Å². The lowest BCUT2D eigenvalue weighted by Gasteiger charge is -2.15. The van der Waals surface area contributed by atoms with Crippen molar-refractivity contribution in [1.29, 1.82) is 0 Å². The summed E-state index contributed by atoms with van der Waals surface area (Å²) < 4.78 is 5.27. The topological polar surface area (TPSA) is 9.23 Å². The van der Waals surface area contributed by atoms with Crippen molar-refractivity contribution in [1.82, 2.24) is 0 Å². The Balaban J connectivity index is 3.22. The van der Waals surface area contributed by atoms with Gasteiger partial charge in [-0.1, -0.05) is 25.3 Å². The number of hydrogen-bond donors (Lipinski definition) is 0. The minimum Gasteiger partial charge on any atom is -0.496 e. The predicted molar refractivity (Wildman–Crippen MR) is 63.3 cm³/mol. The van der Waals surface area contributed by atoms with Gasteiger partial charge in [-0.15, -0.1) is 0 Å². The van der Waals surface area contributed by atoms with Gasteiger partial charge in [-0.2, -0.15) is 0 Å². The molecule has 1 nitrogen and oxygen atoms in total. The van der Waals surface area contributed by atoms with E-state index in [2.05, 4.69) is 44.8 Å². The summed E-state index contributed by atoms with van der Waals surface area (Å²) in [6.07, 6.45) is 4.20. The van der Waals surface area contributed by atoms with Gasteiger partial charge in [-0.3, -0.25) is 0 Å². The molecule has 0 saturated carbocycles. The third-order valence-corrected chi connectivity index (χ3v) is 3.77. The standard InChI is InChI=1S/C11H17OP/c1-9-6-7-10(13(3,4)5)8-11(9)12-2/h6-8H,3H2,1-2,4-5H3. The number of rotatable bonds is 2. The summed E-state index contributed by atoms with van der Waals surface area (Å²) in [5, 5.41) is 1.31. The van der Waals surface area contributed by atoms with Crippen LogP contribution in [0.5, 0.6) is 5.75 Å². The second-order valence-electron chi connectivity index (χ2n) is 3.84. The van der Waals surface area contributed by atoms with Crippen LogP contribution in [0.2, 0.25) is 0 Å². The van der Waals surface area contributed by atoms with Crippen molar-refractivity contribution < 1.29 is 4.74 Å². The summed E-state index contributed by atoms with van der Waals surface area (Å²) in [4.78, 5) is 0. The second-order valence-corrected chi connectivity index (χ2v) is 7.73. The van der Waals surface area contributed by atoms with E-state index in [1.165, 1.54) is 10.9 Å². The quantitative estimate of drug-likeness (QED) is 0.660. The Kier molecular flexibility index (Phi) is 2.87. The largest absolute Gasteiger partial charge is 0.496 e. The van der Waals surface area contributed by atoms with Gasteiger partial charge in [0.2, 0.25) is 0 Å². The molecular formula is C11H17OP. The van der Waals surface area contributed by atoms with Crippen LogP contribution in [-0.4, -0.2) is 26.7 Å². The third-order valence-electron chi connectivity index (χ3n) is 2.09. The van der Waals surface area contributed by atoms with Gasteiger partial charge < -0.3 is 4.74 Å². The molecule has 0 aromatic heterocycles. The van der Waals surface area contributed by atoms with Crippen LogP contribution < -0.4 is 10.0 Å². The summed E-state index contributed by atoms with van der Waals surface area (Å²) in [5.41, 5.74) is 1.18. The normalized spacial score (nSPS) is 11.4. The van der Waals surface area contributed by atoms with Crippen molar-refractivity contribution in [3.05, 3.63) is 23.8 Å². The van der Waals surface area contributed by atoms with Gasteiger partial charge in [0.05, 0.1) is 7.11 Å². The average Bonchev–Trinajstić information content (AvgIpc) is 2.03. The molecule has 0 heterocycles. The van der Waals surface area contributed by atoms with E-state index in [9.17, 15) is 0 Å². The lowest BCUT2D eigenvalue weighted by atomic mass is 10.2. The molecule has 1 aromatic rings. The molecule has 0 unspecified atom stereocenters. The highest BCUT2D eigenvalue weighted by atomic mass is 31.2. The molecule has 0 atom stereocenters. The van der Waals surface area contributed by atoms with Crippen LogP contribution in [0.15, 0.2) is 18.2 Å². The van der Waals surface area contributed by atoms with E-state index >= 15 is 0 Å². The van der Waals surface area contributed by atoms with E-state index < -0.39 is 6.89 Å². The first-order chi connectivity index (χ1) is 5.95. The minimum absolute atomic E-state index is 0.967. The highest BCUT2D eigenvalue weighted by Gasteiger charge is 2.06. The Bertz CT molecular complexity index is 349. The highest BCUT2D eigenvalue weighted by Crippen LogP contribution is 2.35. The maximum atomic E-state index is 5.27. The van der Waals surface area contributed by atoms with Gasteiger partial charge in [0.25, 0.3) is 0 Å². The molecule has 13 heavy (non-hydrogen) atoms. The molecule has 1 rings (SSSR count). The van der Waals surface area contributed by atoms with E-state index in [0.717, 1.165) is 5.75 Å². The molecule has 0 aliphatic carbocycles. The predicted octanol–water partition coefficient (Wildman–Crippen LogP) is 2.34. The monoisotopic (exact) mass is 196 g/mol. The molecule has 2 heteroatoms. The van der Waals surface area contributed by atoms with Crippen molar-refractivity contribution in [3.63, 3.8) is 0 Å². The van der Waals surface area contributed by atoms with Gasteiger partial charge in [-0.25, -0.2) is 0 Å². The number of benzene rings is 1. The zero-order chi connectivity index (χ0) is 10.1. The summed E-state index contributed by atoms with van der Waals surface area (Å²) in [6.45, 7) is 5.31. The zero-order valence-corrected chi connectivity index (χ0v) is 9.69. The Morgan fingerprint density at radius 1 is 1.31 bits per heavy atom. The van der Waals surface area contributed by atoms with Crippen molar-refractivity contribution in [2.75, 3.05) is 20.4 Å². The molecule has 0 aliphatic heterocycles. The molecule has 72 valence electrons. The zero-order valence-electron chi connectivity index (χ0n) is 8.79. The van der Waals surface area contributed by atoms with Crippen molar-refractivity contribution in [3.8, 4) is 5.75 Å². The van der Waals surface area contributed by atoms with E-state index in [0.29, 0.717) is 0 Å². The lowest BCUT2D eigenvalue weighted by molar-refractivity contribution is 0.412.